The molecule has 1 atom stereocenters. The molecule has 0 spiro atoms. The SMILES string of the molecule is OC(Cn1cncn1)(c1cc(F)ccc1F)C1(Oc2c(F)cc(Br)cc2F)CC1. The van der Waals surface area contributed by atoms with Crippen molar-refractivity contribution in [2.24, 2.45) is 0 Å². The van der Waals surface area contributed by atoms with Crippen molar-refractivity contribution in [1.29, 1.82) is 0 Å². The van der Waals surface area contributed by atoms with Gasteiger partial charge in [-0.15, -0.1) is 0 Å². The van der Waals surface area contributed by atoms with Gasteiger partial charge in [-0.3, -0.25) is 0 Å². The van der Waals surface area contributed by atoms with E-state index in [0.717, 1.165) is 30.3 Å². The fourth-order valence-corrected chi connectivity index (χ4v) is 3.78. The minimum absolute atomic E-state index is 0.156. The largest absolute Gasteiger partial charge is 0.478 e. The Kier molecular flexibility index (Phi) is 4.86. The number of hydrogen-bond acceptors (Lipinski definition) is 4. The first-order chi connectivity index (χ1) is 13.7. The molecule has 0 aliphatic heterocycles. The molecule has 0 radical (unpaired) electrons. The van der Waals surface area contributed by atoms with E-state index in [2.05, 4.69) is 26.0 Å². The maximum Gasteiger partial charge on any atom is 0.191 e. The highest BCUT2D eigenvalue weighted by molar-refractivity contribution is 9.10. The summed E-state index contributed by atoms with van der Waals surface area (Å²) in [4.78, 5) is 3.77. The van der Waals surface area contributed by atoms with Crippen molar-refractivity contribution in [2.45, 2.75) is 30.6 Å². The summed E-state index contributed by atoms with van der Waals surface area (Å²) in [7, 11) is 0. The highest BCUT2D eigenvalue weighted by Gasteiger charge is 2.64. The molecule has 1 saturated carbocycles. The number of benzene rings is 2. The van der Waals surface area contributed by atoms with Gasteiger partial charge in [0, 0.05) is 10.0 Å². The molecule has 2 aromatic carbocycles. The van der Waals surface area contributed by atoms with E-state index in [-0.39, 0.29) is 23.9 Å². The third kappa shape index (κ3) is 3.51. The van der Waals surface area contributed by atoms with Gasteiger partial charge < -0.3 is 9.84 Å². The van der Waals surface area contributed by atoms with Gasteiger partial charge in [-0.2, -0.15) is 5.10 Å². The number of aromatic nitrogens is 3. The number of ether oxygens (including phenoxy) is 1. The summed E-state index contributed by atoms with van der Waals surface area (Å²) >= 11 is 2.98. The lowest BCUT2D eigenvalue weighted by atomic mass is 9.85. The van der Waals surface area contributed by atoms with Crippen LogP contribution in [-0.2, 0) is 12.1 Å². The van der Waals surface area contributed by atoms with Gasteiger partial charge in [0.25, 0.3) is 0 Å². The lowest BCUT2D eigenvalue weighted by Gasteiger charge is -2.37. The molecule has 152 valence electrons. The van der Waals surface area contributed by atoms with Gasteiger partial charge in [0.05, 0.1) is 6.54 Å². The topological polar surface area (TPSA) is 60.2 Å². The summed E-state index contributed by atoms with van der Waals surface area (Å²) in [5.74, 6) is -4.37. The molecule has 1 N–H and O–H groups in total. The third-order valence-electron chi connectivity index (χ3n) is 4.95. The average Bonchev–Trinajstić information content (AvgIpc) is 3.29. The van der Waals surface area contributed by atoms with E-state index in [1.165, 1.54) is 17.3 Å². The highest BCUT2D eigenvalue weighted by Crippen LogP contribution is 2.55. The minimum Gasteiger partial charge on any atom is -0.478 e. The Morgan fingerprint density at radius 1 is 1.10 bits per heavy atom. The molecule has 4 rings (SSSR count). The molecule has 1 aliphatic rings. The van der Waals surface area contributed by atoms with Crippen molar-refractivity contribution in [1.82, 2.24) is 14.8 Å². The molecule has 0 amide bonds. The molecule has 0 bridgehead atoms. The van der Waals surface area contributed by atoms with E-state index in [1.807, 2.05) is 0 Å². The van der Waals surface area contributed by atoms with Crippen LogP contribution in [0.5, 0.6) is 5.75 Å². The lowest BCUT2D eigenvalue weighted by molar-refractivity contribution is -0.102. The van der Waals surface area contributed by atoms with Crippen LogP contribution in [0.3, 0.4) is 0 Å². The summed E-state index contributed by atoms with van der Waals surface area (Å²) in [6.07, 6.45) is 2.79. The Morgan fingerprint density at radius 3 is 2.38 bits per heavy atom. The standard InChI is InChI=1S/C19H14BrF4N3O2/c20-11-5-15(23)17(16(24)6-11)29-18(3-4-18)19(28,8-27-10-25-9-26-27)13-7-12(21)1-2-14(13)22/h1-2,5-7,9-10,28H,3-4,8H2. The molecule has 1 fully saturated rings. The first-order valence-electron chi connectivity index (χ1n) is 8.58. The van der Waals surface area contributed by atoms with Crippen LogP contribution in [-0.4, -0.2) is 25.5 Å². The van der Waals surface area contributed by atoms with Crippen molar-refractivity contribution in [3.05, 3.63) is 76.3 Å². The number of halogens is 5. The molecule has 29 heavy (non-hydrogen) atoms. The monoisotopic (exact) mass is 471 g/mol. The van der Waals surface area contributed by atoms with E-state index in [0.29, 0.717) is 0 Å². The Balaban J connectivity index is 1.82. The summed E-state index contributed by atoms with van der Waals surface area (Å²) in [6, 6.07) is 4.63. The number of hydrogen-bond donors (Lipinski definition) is 1. The second-order valence-electron chi connectivity index (χ2n) is 6.87. The van der Waals surface area contributed by atoms with E-state index in [9.17, 15) is 22.7 Å². The van der Waals surface area contributed by atoms with Gasteiger partial charge in [0.2, 0.25) is 0 Å². The minimum atomic E-state index is -2.18. The van der Waals surface area contributed by atoms with Gasteiger partial charge in [0.1, 0.15) is 29.9 Å². The molecular weight excluding hydrogens is 458 g/mol. The van der Waals surface area contributed by atoms with Crippen molar-refractivity contribution < 1.29 is 27.4 Å². The predicted molar refractivity (Wildman–Crippen MR) is 96.9 cm³/mol. The smallest absolute Gasteiger partial charge is 0.191 e. The van der Waals surface area contributed by atoms with E-state index >= 15 is 0 Å². The second-order valence-corrected chi connectivity index (χ2v) is 7.79. The Hall–Kier alpha value is -2.46. The molecule has 1 unspecified atom stereocenters. The summed E-state index contributed by atoms with van der Waals surface area (Å²) in [6.45, 7) is -0.368. The second kappa shape index (κ2) is 7.10. The van der Waals surface area contributed by atoms with Crippen LogP contribution in [0.2, 0.25) is 0 Å². The van der Waals surface area contributed by atoms with Crippen LogP contribution in [0.25, 0.3) is 0 Å². The molecule has 3 aromatic rings. The molecular formula is C19H14BrF4N3O2. The molecule has 0 saturated heterocycles. The normalized spacial score (nSPS) is 17.0. The van der Waals surface area contributed by atoms with Crippen LogP contribution in [0.15, 0.2) is 47.5 Å². The zero-order valence-electron chi connectivity index (χ0n) is 14.7. The van der Waals surface area contributed by atoms with Crippen molar-refractivity contribution >= 4 is 15.9 Å². The first-order valence-corrected chi connectivity index (χ1v) is 9.37. The zero-order chi connectivity index (χ0) is 20.8. The number of nitrogens with zero attached hydrogens (tertiary/aromatic N) is 3. The zero-order valence-corrected chi connectivity index (χ0v) is 16.3. The maximum atomic E-state index is 14.6. The summed E-state index contributed by atoms with van der Waals surface area (Å²) in [5.41, 5.74) is -4.18. The van der Waals surface area contributed by atoms with Gasteiger partial charge >= 0.3 is 0 Å². The average molecular weight is 472 g/mol. The van der Waals surface area contributed by atoms with Crippen molar-refractivity contribution in [2.75, 3.05) is 0 Å². The fourth-order valence-electron chi connectivity index (χ4n) is 3.37. The van der Waals surface area contributed by atoms with Gasteiger partial charge in [-0.25, -0.2) is 27.2 Å². The highest BCUT2D eigenvalue weighted by atomic mass is 79.9. The van der Waals surface area contributed by atoms with E-state index < -0.39 is 45.8 Å². The molecule has 10 heteroatoms. The van der Waals surface area contributed by atoms with Crippen LogP contribution in [0.1, 0.15) is 18.4 Å². The van der Waals surface area contributed by atoms with Crippen LogP contribution in [0.4, 0.5) is 17.6 Å². The van der Waals surface area contributed by atoms with Crippen LogP contribution < -0.4 is 4.74 Å². The summed E-state index contributed by atoms with van der Waals surface area (Å²) in [5, 5.41) is 15.5. The Bertz CT molecular complexity index is 1040. The Labute approximate surface area is 171 Å². The van der Waals surface area contributed by atoms with Crippen molar-refractivity contribution in [3.63, 3.8) is 0 Å². The van der Waals surface area contributed by atoms with Crippen LogP contribution >= 0.6 is 15.9 Å². The first kappa shape index (κ1) is 19.8. The number of aliphatic hydroxyl groups is 1. The van der Waals surface area contributed by atoms with E-state index in [4.69, 9.17) is 4.74 Å². The Morgan fingerprint density at radius 2 is 1.79 bits per heavy atom. The van der Waals surface area contributed by atoms with Gasteiger partial charge in [-0.05, 0) is 43.2 Å². The van der Waals surface area contributed by atoms with Gasteiger partial charge in [-0.1, -0.05) is 15.9 Å². The third-order valence-corrected chi connectivity index (χ3v) is 5.41. The van der Waals surface area contributed by atoms with Gasteiger partial charge in [0.15, 0.2) is 23.0 Å². The molecule has 1 heterocycles. The van der Waals surface area contributed by atoms with Crippen LogP contribution in [0, 0.1) is 23.3 Å². The predicted octanol–water partition coefficient (Wildman–Crippen LogP) is 4.10. The van der Waals surface area contributed by atoms with E-state index in [1.54, 1.807) is 0 Å². The lowest BCUT2D eigenvalue weighted by Crippen LogP contribution is -2.49. The molecule has 1 aliphatic carbocycles. The molecule has 5 nitrogen and oxygen atoms in total. The summed E-state index contributed by atoms with van der Waals surface area (Å²) < 4.78 is 64.2. The maximum absolute atomic E-state index is 14.6. The fraction of sp³-hybridized carbons (Fsp3) is 0.263. The molecule has 1 aromatic heterocycles. The quantitative estimate of drug-likeness (QED) is 0.550. The van der Waals surface area contributed by atoms with Crippen molar-refractivity contribution in [3.8, 4) is 5.75 Å². The number of rotatable bonds is 6.